The van der Waals surface area contributed by atoms with Gasteiger partial charge in [-0.05, 0) is 35.2 Å². The van der Waals surface area contributed by atoms with E-state index in [1.807, 2.05) is 19.1 Å². The van der Waals surface area contributed by atoms with Crippen molar-refractivity contribution in [3.05, 3.63) is 83.9 Å². The maximum atomic E-state index is 13.2. The summed E-state index contributed by atoms with van der Waals surface area (Å²) in [5.74, 6) is -1.33. The van der Waals surface area contributed by atoms with Gasteiger partial charge in [-0.3, -0.25) is 19.9 Å². The molecule has 3 aromatic carbocycles. The van der Waals surface area contributed by atoms with E-state index in [4.69, 9.17) is 16.3 Å². The zero-order valence-corrected chi connectivity index (χ0v) is 19.2. The number of rotatable bonds is 6. The quantitative estimate of drug-likeness (QED) is 0.284. The van der Waals surface area contributed by atoms with Gasteiger partial charge in [-0.1, -0.05) is 61.5 Å². The van der Waals surface area contributed by atoms with Crippen molar-refractivity contribution in [3.8, 4) is 11.1 Å². The Morgan fingerprint density at radius 2 is 1.62 bits per heavy atom. The van der Waals surface area contributed by atoms with Gasteiger partial charge in [-0.25, -0.2) is 13.6 Å². The third kappa shape index (κ3) is 4.35. The van der Waals surface area contributed by atoms with E-state index < -0.39 is 15.9 Å². The molecule has 4 rings (SSSR count). The van der Waals surface area contributed by atoms with Crippen LogP contribution in [0.5, 0.6) is 0 Å². The van der Waals surface area contributed by atoms with Crippen molar-refractivity contribution in [1.82, 2.24) is 0 Å². The molecule has 2 atom stereocenters. The maximum Gasteiger partial charge on any atom is 0.238 e. The maximum absolute atomic E-state index is 13.2. The van der Waals surface area contributed by atoms with Crippen LogP contribution in [0.4, 0.5) is 5.69 Å². The second-order valence-corrected chi connectivity index (χ2v) is 9.82. The lowest BCUT2D eigenvalue weighted by molar-refractivity contribution is -0.122. The first-order chi connectivity index (χ1) is 16.1. The number of primary sulfonamides is 1. The SMILES string of the molecule is CC(c1ccc(C(=N)N)cc1)C1CC(=O)N(c2ccc(-c3ccccc3S(N)(=O)=O)cc2)C1=O. The van der Waals surface area contributed by atoms with Crippen molar-refractivity contribution in [2.75, 3.05) is 4.90 Å². The second-order valence-electron chi connectivity index (χ2n) is 8.29. The molecule has 0 bridgehead atoms. The van der Waals surface area contributed by atoms with Gasteiger partial charge in [0.15, 0.2) is 0 Å². The number of hydrogen-bond acceptors (Lipinski definition) is 5. The number of hydrogen-bond donors (Lipinski definition) is 3. The molecular weight excluding hydrogens is 452 g/mol. The van der Waals surface area contributed by atoms with Crippen LogP contribution in [0.2, 0.25) is 0 Å². The highest BCUT2D eigenvalue weighted by Gasteiger charge is 2.42. The molecular formula is C25H24N4O4S. The van der Waals surface area contributed by atoms with Crippen LogP contribution in [-0.2, 0) is 19.6 Å². The Bertz CT molecular complexity index is 1380. The zero-order valence-electron chi connectivity index (χ0n) is 18.4. The minimum absolute atomic E-state index is 0.000700. The Morgan fingerprint density at radius 1 is 1.00 bits per heavy atom. The van der Waals surface area contributed by atoms with E-state index in [1.54, 1.807) is 54.6 Å². The van der Waals surface area contributed by atoms with Gasteiger partial charge in [0.2, 0.25) is 21.8 Å². The fourth-order valence-electron chi connectivity index (χ4n) is 4.26. The fourth-order valence-corrected chi connectivity index (χ4v) is 5.02. The number of nitrogens with one attached hydrogen (secondary N) is 1. The summed E-state index contributed by atoms with van der Waals surface area (Å²) in [5.41, 5.74) is 8.44. The number of carbonyl (C=O) groups is 2. The summed E-state index contributed by atoms with van der Waals surface area (Å²) < 4.78 is 23.8. The number of benzene rings is 3. The summed E-state index contributed by atoms with van der Waals surface area (Å²) in [5, 5.41) is 12.8. The molecule has 1 fully saturated rings. The number of carbonyl (C=O) groups excluding carboxylic acids is 2. The molecule has 2 unspecified atom stereocenters. The zero-order chi connectivity index (χ0) is 24.6. The van der Waals surface area contributed by atoms with E-state index in [-0.39, 0.29) is 34.9 Å². The Balaban J connectivity index is 1.58. The van der Waals surface area contributed by atoms with Crippen LogP contribution in [0.1, 0.15) is 30.4 Å². The van der Waals surface area contributed by atoms with Crippen molar-refractivity contribution < 1.29 is 18.0 Å². The van der Waals surface area contributed by atoms with Crippen molar-refractivity contribution in [3.63, 3.8) is 0 Å². The highest BCUT2D eigenvalue weighted by Crippen LogP contribution is 2.37. The van der Waals surface area contributed by atoms with Gasteiger partial charge in [-0.15, -0.1) is 0 Å². The van der Waals surface area contributed by atoms with Crippen molar-refractivity contribution >= 4 is 33.4 Å². The van der Waals surface area contributed by atoms with E-state index >= 15 is 0 Å². The molecule has 8 nitrogen and oxygen atoms in total. The van der Waals surface area contributed by atoms with Crippen molar-refractivity contribution in [2.45, 2.75) is 24.2 Å². The lowest BCUT2D eigenvalue weighted by atomic mass is 9.86. The van der Waals surface area contributed by atoms with Gasteiger partial charge in [-0.2, -0.15) is 0 Å². The van der Waals surface area contributed by atoms with Crippen LogP contribution in [0.15, 0.2) is 77.7 Å². The molecule has 1 saturated heterocycles. The molecule has 1 aliphatic heterocycles. The van der Waals surface area contributed by atoms with Crippen LogP contribution in [0.3, 0.4) is 0 Å². The fraction of sp³-hybridized carbons (Fsp3) is 0.160. The smallest absolute Gasteiger partial charge is 0.238 e. The number of nitrogens with two attached hydrogens (primary N) is 2. The van der Waals surface area contributed by atoms with Gasteiger partial charge in [0.05, 0.1) is 16.5 Å². The molecule has 0 spiro atoms. The number of imide groups is 1. The van der Waals surface area contributed by atoms with Gasteiger partial charge >= 0.3 is 0 Å². The first-order valence-electron chi connectivity index (χ1n) is 10.6. The molecule has 174 valence electrons. The largest absolute Gasteiger partial charge is 0.384 e. The number of sulfonamides is 1. The van der Waals surface area contributed by atoms with Crippen LogP contribution in [-0.4, -0.2) is 26.1 Å². The van der Waals surface area contributed by atoms with E-state index in [9.17, 15) is 18.0 Å². The first-order valence-corrected chi connectivity index (χ1v) is 12.2. The molecule has 0 aliphatic carbocycles. The Labute approximate surface area is 197 Å². The van der Waals surface area contributed by atoms with Gasteiger partial charge in [0, 0.05) is 17.5 Å². The van der Waals surface area contributed by atoms with E-state index in [1.165, 1.54) is 11.0 Å². The molecule has 0 saturated carbocycles. The summed E-state index contributed by atoms with van der Waals surface area (Å²) in [6.07, 6.45) is 0.0878. The van der Waals surface area contributed by atoms with E-state index in [0.29, 0.717) is 22.4 Å². The molecule has 3 aromatic rings. The van der Waals surface area contributed by atoms with Crippen LogP contribution >= 0.6 is 0 Å². The molecule has 0 radical (unpaired) electrons. The molecule has 5 N–H and O–H groups in total. The molecule has 2 amide bonds. The summed E-state index contributed by atoms with van der Waals surface area (Å²) in [4.78, 5) is 27.2. The molecule has 34 heavy (non-hydrogen) atoms. The molecule has 9 heteroatoms. The van der Waals surface area contributed by atoms with Crippen LogP contribution in [0, 0.1) is 11.3 Å². The topological polar surface area (TPSA) is 147 Å². The minimum Gasteiger partial charge on any atom is -0.384 e. The molecule has 0 aromatic heterocycles. The predicted octanol–water partition coefficient (Wildman–Crippen LogP) is 2.97. The second kappa shape index (κ2) is 8.85. The lowest BCUT2D eigenvalue weighted by Gasteiger charge is -2.20. The van der Waals surface area contributed by atoms with Gasteiger partial charge in [0.1, 0.15) is 5.84 Å². The van der Waals surface area contributed by atoms with Crippen LogP contribution < -0.4 is 15.8 Å². The summed E-state index contributed by atoms with van der Waals surface area (Å²) in [6, 6.07) is 20.1. The number of anilines is 1. The number of nitrogen functional groups attached to an aromatic ring is 1. The Kier molecular flexibility index (Phi) is 6.07. The average molecular weight is 477 g/mol. The lowest BCUT2D eigenvalue weighted by Crippen LogP contribution is -2.31. The van der Waals surface area contributed by atoms with E-state index in [2.05, 4.69) is 0 Å². The average Bonchev–Trinajstić information content (AvgIpc) is 3.12. The Morgan fingerprint density at radius 3 is 2.21 bits per heavy atom. The standard InChI is InChI=1S/C25H24N4O4S/c1-15(16-6-8-18(9-7-16)24(26)27)21-14-23(30)29(25(21)31)19-12-10-17(11-13-19)20-4-2-3-5-22(20)34(28,32)33/h2-13,15,21H,14H2,1H3,(H3,26,27)(H2,28,32,33). The van der Waals surface area contributed by atoms with Crippen LogP contribution in [0.25, 0.3) is 11.1 Å². The van der Waals surface area contributed by atoms with Gasteiger partial charge < -0.3 is 5.73 Å². The van der Waals surface area contributed by atoms with Crippen molar-refractivity contribution in [1.29, 1.82) is 5.41 Å². The third-order valence-electron chi connectivity index (χ3n) is 6.16. The number of amides is 2. The summed E-state index contributed by atoms with van der Waals surface area (Å²) >= 11 is 0. The predicted molar refractivity (Wildman–Crippen MR) is 130 cm³/mol. The number of amidine groups is 1. The van der Waals surface area contributed by atoms with Crippen molar-refractivity contribution in [2.24, 2.45) is 16.8 Å². The Hall–Kier alpha value is -3.82. The first kappa shape index (κ1) is 23.3. The monoisotopic (exact) mass is 476 g/mol. The van der Waals surface area contributed by atoms with E-state index in [0.717, 1.165) is 5.56 Å². The minimum atomic E-state index is -3.91. The highest BCUT2D eigenvalue weighted by atomic mass is 32.2. The van der Waals surface area contributed by atoms with Gasteiger partial charge in [0.25, 0.3) is 0 Å². The summed E-state index contributed by atoms with van der Waals surface area (Å²) in [6.45, 7) is 1.90. The number of nitrogens with zero attached hydrogens (tertiary/aromatic N) is 1. The normalized spacial score (nSPS) is 17.1. The summed E-state index contributed by atoms with van der Waals surface area (Å²) in [7, 11) is -3.91. The molecule has 1 aliphatic rings. The molecule has 1 heterocycles. The third-order valence-corrected chi connectivity index (χ3v) is 7.13. The highest BCUT2D eigenvalue weighted by molar-refractivity contribution is 7.89.